The number of nitrogens with one attached hydrogen (secondary N) is 1. The van der Waals surface area contributed by atoms with Gasteiger partial charge in [-0.3, -0.25) is 14.4 Å². The Labute approximate surface area is 162 Å². The minimum Gasteiger partial charge on any atom is -0.336 e. The molecule has 0 bridgehead atoms. The Hall–Kier alpha value is -3.41. The average Bonchev–Trinajstić information content (AvgIpc) is 3.07. The first kappa shape index (κ1) is 18.0. The second-order valence-electron chi connectivity index (χ2n) is 7.06. The maximum atomic E-state index is 13.1. The summed E-state index contributed by atoms with van der Waals surface area (Å²) in [5.41, 5.74) is 1.65. The van der Waals surface area contributed by atoms with Gasteiger partial charge in [-0.2, -0.15) is 0 Å². The van der Waals surface area contributed by atoms with Crippen molar-refractivity contribution in [2.75, 3.05) is 13.6 Å². The summed E-state index contributed by atoms with van der Waals surface area (Å²) in [5, 5.41) is 0.672. The summed E-state index contributed by atoms with van der Waals surface area (Å²) in [5.74, 6) is -0.379. The van der Waals surface area contributed by atoms with Crippen LogP contribution in [0.4, 0.5) is 0 Å². The van der Waals surface area contributed by atoms with Crippen LogP contribution in [0.2, 0.25) is 0 Å². The van der Waals surface area contributed by atoms with Crippen LogP contribution in [-0.2, 0) is 11.3 Å². The molecule has 1 aliphatic heterocycles. The van der Waals surface area contributed by atoms with Crippen molar-refractivity contribution in [1.82, 2.24) is 14.8 Å². The fourth-order valence-electron chi connectivity index (χ4n) is 3.76. The lowest BCUT2D eigenvalue weighted by Crippen LogP contribution is -2.43. The molecule has 4 rings (SSSR count). The van der Waals surface area contributed by atoms with E-state index in [1.807, 2.05) is 36.4 Å². The van der Waals surface area contributed by atoms with Crippen molar-refractivity contribution in [3.63, 3.8) is 0 Å². The van der Waals surface area contributed by atoms with Gasteiger partial charge >= 0.3 is 0 Å². The van der Waals surface area contributed by atoms with Crippen LogP contribution in [-0.4, -0.2) is 46.2 Å². The van der Waals surface area contributed by atoms with Gasteiger partial charge in [0.05, 0.1) is 5.56 Å². The number of hydrogen-bond donors (Lipinski definition) is 1. The molecule has 1 aromatic heterocycles. The number of pyridine rings is 1. The van der Waals surface area contributed by atoms with Crippen LogP contribution in [0, 0.1) is 0 Å². The van der Waals surface area contributed by atoms with E-state index >= 15 is 0 Å². The summed E-state index contributed by atoms with van der Waals surface area (Å²) in [6, 6.07) is 17.8. The molecule has 2 aromatic carbocycles. The predicted octanol–water partition coefficient (Wildman–Crippen LogP) is 2.40. The van der Waals surface area contributed by atoms with Gasteiger partial charge in [0, 0.05) is 37.1 Å². The minimum atomic E-state index is -0.519. The highest BCUT2D eigenvalue weighted by molar-refractivity contribution is 6.07. The molecule has 1 unspecified atom stereocenters. The van der Waals surface area contributed by atoms with Crippen molar-refractivity contribution in [2.24, 2.45) is 0 Å². The number of fused-ring (bicyclic) bond motifs is 1. The molecule has 0 radical (unpaired) electrons. The number of aromatic amines is 1. The molecular formula is C22H21N3O3. The largest absolute Gasteiger partial charge is 0.336 e. The van der Waals surface area contributed by atoms with Crippen molar-refractivity contribution >= 4 is 22.7 Å². The van der Waals surface area contributed by atoms with E-state index in [9.17, 15) is 14.4 Å². The lowest BCUT2D eigenvalue weighted by Gasteiger charge is -2.24. The molecule has 1 fully saturated rings. The minimum absolute atomic E-state index is 0.0613. The molecule has 0 saturated carbocycles. The maximum absolute atomic E-state index is 13.1. The van der Waals surface area contributed by atoms with Crippen LogP contribution in [0.3, 0.4) is 0 Å². The van der Waals surface area contributed by atoms with E-state index in [0.717, 1.165) is 5.56 Å². The zero-order chi connectivity index (χ0) is 19.7. The van der Waals surface area contributed by atoms with Crippen LogP contribution in [0.1, 0.15) is 22.3 Å². The maximum Gasteiger partial charge on any atom is 0.255 e. The van der Waals surface area contributed by atoms with Crippen molar-refractivity contribution in [3.05, 3.63) is 82.1 Å². The SMILES string of the molecule is CN(C(=O)c1cc(=O)[nH]c2ccccc12)C1CCN(Cc2ccccc2)C1=O. The van der Waals surface area contributed by atoms with Gasteiger partial charge in [-0.25, -0.2) is 0 Å². The summed E-state index contributed by atoms with van der Waals surface area (Å²) in [7, 11) is 1.63. The Morgan fingerprint density at radius 1 is 1.11 bits per heavy atom. The quantitative estimate of drug-likeness (QED) is 0.761. The van der Waals surface area contributed by atoms with Crippen molar-refractivity contribution in [3.8, 4) is 0 Å². The number of benzene rings is 2. The molecule has 3 aromatic rings. The van der Waals surface area contributed by atoms with Crippen LogP contribution >= 0.6 is 0 Å². The van der Waals surface area contributed by atoms with Crippen LogP contribution in [0.15, 0.2) is 65.5 Å². The Bertz CT molecular complexity index is 1090. The average molecular weight is 375 g/mol. The molecule has 0 aliphatic carbocycles. The molecule has 1 atom stereocenters. The molecule has 2 heterocycles. The molecule has 0 spiro atoms. The number of amides is 2. The number of rotatable bonds is 4. The molecule has 28 heavy (non-hydrogen) atoms. The number of carbonyl (C=O) groups is 2. The van der Waals surface area contributed by atoms with Crippen LogP contribution in [0.25, 0.3) is 10.9 Å². The number of H-pyrrole nitrogens is 1. The third-order valence-electron chi connectivity index (χ3n) is 5.25. The first-order valence-corrected chi connectivity index (χ1v) is 9.26. The Morgan fingerprint density at radius 3 is 2.61 bits per heavy atom. The van der Waals surface area contributed by atoms with Crippen LogP contribution < -0.4 is 5.56 Å². The topological polar surface area (TPSA) is 73.5 Å². The van der Waals surface area contributed by atoms with E-state index in [1.54, 1.807) is 30.1 Å². The normalized spacial score (nSPS) is 16.5. The highest BCUT2D eigenvalue weighted by Crippen LogP contribution is 2.22. The number of para-hydroxylation sites is 1. The fraction of sp³-hybridized carbons (Fsp3) is 0.227. The van der Waals surface area contributed by atoms with E-state index in [4.69, 9.17) is 0 Å². The van der Waals surface area contributed by atoms with Gasteiger partial charge in [0.1, 0.15) is 6.04 Å². The van der Waals surface area contributed by atoms with Gasteiger partial charge in [0.25, 0.3) is 5.91 Å². The predicted molar refractivity (Wildman–Crippen MR) is 107 cm³/mol. The van der Waals surface area contributed by atoms with E-state index in [-0.39, 0.29) is 17.4 Å². The van der Waals surface area contributed by atoms with Gasteiger partial charge in [-0.05, 0) is 18.1 Å². The van der Waals surface area contributed by atoms with Crippen molar-refractivity contribution < 1.29 is 9.59 Å². The van der Waals surface area contributed by atoms with Gasteiger partial charge in [-0.15, -0.1) is 0 Å². The molecule has 1 aliphatic rings. The van der Waals surface area contributed by atoms with Crippen LogP contribution in [0.5, 0.6) is 0 Å². The monoisotopic (exact) mass is 375 g/mol. The number of likely N-dealkylation sites (N-methyl/N-ethyl adjacent to an activating group) is 1. The summed E-state index contributed by atoms with van der Waals surface area (Å²) in [6.45, 7) is 1.14. The lowest BCUT2D eigenvalue weighted by atomic mass is 10.1. The molecule has 6 heteroatoms. The third-order valence-corrected chi connectivity index (χ3v) is 5.25. The second-order valence-corrected chi connectivity index (χ2v) is 7.06. The molecule has 1 N–H and O–H groups in total. The molecule has 1 saturated heterocycles. The Morgan fingerprint density at radius 2 is 1.82 bits per heavy atom. The lowest BCUT2D eigenvalue weighted by molar-refractivity contribution is -0.131. The van der Waals surface area contributed by atoms with Crippen molar-refractivity contribution in [2.45, 2.75) is 19.0 Å². The number of likely N-dealkylation sites (tertiary alicyclic amines) is 1. The summed E-state index contributed by atoms with van der Waals surface area (Å²) in [6.07, 6.45) is 0.578. The standard InChI is InChI=1S/C22H21N3O3/c1-24(19-11-12-25(22(19)28)14-15-7-3-2-4-8-15)21(27)17-13-20(26)23-18-10-6-5-9-16(17)18/h2-10,13,19H,11-12,14H2,1H3,(H,23,26). The van der Waals surface area contributed by atoms with Crippen molar-refractivity contribution in [1.29, 1.82) is 0 Å². The smallest absolute Gasteiger partial charge is 0.255 e. The number of nitrogens with zero attached hydrogens (tertiary/aromatic N) is 2. The molecule has 6 nitrogen and oxygen atoms in total. The zero-order valence-electron chi connectivity index (χ0n) is 15.6. The van der Waals surface area contributed by atoms with Gasteiger partial charge in [0.2, 0.25) is 11.5 Å². The van der Waals surface area contributed by atoms with E-state index < -0.39 is 6.04 Å². The first-order valence-electron chi connectivity index (χ1n) is 9.26. The van der Waals surface area contributed by atoms with Gasteiger partial charge in [0.15, 0.2) is 0 Å². The van der Waals surface area contributed by atoms with Gasteiger partial charge in [-0.1, -0.05) is 48.5 Å². The van der Waals surface area contributed by atoms with E-state index in [2.05, 4.69) is 4.98 Å². The summed E-state index contributed by atoms with van der Waals surface area (Å²) in [4.78, 5) is 43.9. The third kappa shape index (κ3) is 3.29. The summed E-state index contributed by atoms with van der Waals surface area (Å²) >= 11 is 0. The Kier molecular flexibility index (Phi) is 4.69. The Balaban J connectivity index is 1.57. The summed E-state index contributed by atoms with van der Waals surface area (Å²) < 4.78 is 0. The second kappa shape index (κ2) is 7.31. The molecular weight excluding hydrogens is 354 g/mol. The number of carbonyl (C=O) groups excluding carboxylic acids is 2. The number of hydrogen-bond acceptors (Lipinski definition) is 3. The highest BCUT2D eigenvalue weighted by atomic mass is 16.2. The van der Waals surface area contributed by atoms with E-state index in [1.165, 1.54) is 11.0 Å². The highest BCUT2D eigenvalue weighted by Gasteiger charge is 2.37. The first-order chi connectivity index (χ1) is 13.5. The fourth-order valence-corrected chi connectivity index (χ4v) is 3.76. The van der Waals surface area contributed by atoms with E-state index in [0.29, 0.717) is 36.0 Å². The molecule has 2 amide bonds. The van der Waals surface area contributed by atoms with Gasteiger partial charge < -0.3 is 14.8 Å². The number of aromatic nitrogens is 1. The zero-order valence-corrected chi connectivity index (χ0v) is 15.6. The molecule has 142 valence electrons.